The van der Waals surface area contributed by atoms with Gasteiger partial charge in [0.1, 0.15) is 0 Å². The molecule has 326 valence electrons. The van der Waals surface area contributed by atoms with E-state index >= 15 is 0 Å². The third-order valence-corrected chi connectivity index (χ3v) is 21.4. The van der Waals surface area contributed by atoms with E-state index in [9.17, 15) is 0 Å². The summed E-state index contributed by atoms with van der Waals surface area (Å²) in [7, 11) is 0. The van der Waals surface area contributed by atoms with Crippen molar-refractivity contribution in [3.8, 4) is 0 Å². The molecule has 0 spiro atoms. The van der Waals surface area contributed by atoms with Gasteiger partial charge in [-0.25, -0.2) is 0 Å². The molecule has 0 aliphatic heterocycles. The Balaban J connectivity index is 1.25. The normalized spacial score (nSPS) is 38.9. The van der Waals surface area contributed by atoms with Gasteiger partial charge in [-0.2, -0.15) is 0 Å². The zero-order valence-corrected chi connectivity index (χ0v) is 38.6. The van der Waals surface area contributed by atoms with Crippen LogP contribution < -0.4 is 0 Å². The second-order valence-corrected chi connectivity index (χ2v) is 24.2. The van der Waals surface area contributed by atoms with Crippen molar-refractivity contribution in [2.75, 3.05) is 0 Å². The van der Waals surface area contributed by atoms with Crippen LogP contribution in [-0.2, 0) is 0 Å². The quantitative estimate of drug-likeness (QED) is 0.241. The van der Waals surface area contributed by atoms with Gasteiger partial charge in [0.25, 0.3) is 0 Å². The standard InChI is InChI=1S/C60H86/c1-2-8-24-43(23-7-1)51-50(42-27-11-5-12-28-42)52(44-29-13-6-14-30-44)55-54(49-36-19-31-41-22-15-16-35-48(41)49)57(60-37-18-17-32-47(60)40-60)58(59-38-20-33-46(59)34-21-39-59)56(55)53(51)45-25-9-3-4-10-26-45/h25,27,41,43-44,46-49,54H,1-24,26,28-40H2. The largest absolute Gasteiger partial charge is 0.0807 e. The van der Waals surface area contributed by atoms with Gasteiger partial charge in [-0.1, -0.05) is 127 Å². The van der Waals surface area contributed by atoms with E-state index in [1.54, 1.807) is 44.9 Å². The van der Waals surface area contributed by atoms with Gasteiger partial charge in [0.05, 0.1) is 0 Å². The van der Waals surface area contributed by atoms with Crippen molar-refractivity contribution in [1.29, 1.82) is 0 Å². The van der Waals surface area contributed by atoms with Crippen molar-refractivity contribution in [3.63, 3.8) is 0 Å². The van der Waals surface area contributed by atoms with Crippen LogP contribution >= 0.6 is 0 Å². The second kappa shape index (κ2) is 16.8. The summed E-state index contributed by atoms with van der Waals surface area (Å²) >= 11 is 0. The molecule has 0 amide bonds. The highest BCUT2D eigenvalue weighted by Gasteiger charge is 2.65. The predicted molar refractivity (Wildman–Crippen MR) is 255 cm³/mol. The van der Waals surface area contributed by atoms with Crippen LogP contribution in [-0.4, -0.2) is 0 Å². The van der Waals surface area contributed by atoms with E-state index in [0.29, 0.717) is 10.8 Å². The van der Waals surface area contributed by atoms with Crippen molar-refractivity contribution in [2.24, 2.45) is 40.4 Å². The first-order chi connectivity index (χ1) is 29.8. The first-order valence-electron chi connectivity index (χ1n) is 28.1. The molecule has 8 saturated carbocycles. The Morgan fingerprint density at radius 1 is 0.383 bits per heavy atom. The molecular weight excluding hydrogens is 721 g/mol. The molecular formula is C60H86. The molecule has 0 heterocycles. The van der Waals surface area contributed by atoms with Gasteiger partial charge in [-0.15, -0.1) is 0 Å². The molecule has 6 atom stereocenters. The molecule has 11 aliphatic carbocycles. The Kier molecular flexibility index (Phi) is 11.2. The monoisotopic (exact) mass is 807 g/mol. The van der Waals surface area contributed by atoms with Gasteiger partial charge in [-0.05, 0) is 237 Å². The fraction of sp³-hybridized carbons (Fsp3) is 0.800. The van der Waals surface area contributed by atoms with Gasteiger partial charge < -0.3 is 0 Å². The summed E-state index contributed by atoms with van der Waals surface area (Å²) < 4.78 is 0. The minimum absolute atomic E-state index is 0.467. The maximum atomic E-state index is 2.93. The lowest BCUT2D eigenvalue weighted by Crippen LogP contribution is -2.36. The molecule has 0 heteroatoms. The van der Waals surface area contributed by atoms with E-state index in [0.717, 1.165) is 47.3 Å². The molecule has 0 N–H and O–H groups in total. The molecule has 60 heavy (non-hydrogen) atoms. The molecule has 0 aromatic heterocycles. The lowest BCUT2D eigenvalue weighted by molar-refractivity contribution is 0.0891. The van der Waals surface area contributed by atoms with Crippen molar-refractivity contribution >= 4 is 16.7 Å². The van der Waals surface area contributed by atoms with E-state index < -0.39 is 0 Å². The van der Waals surface area contributed by atoms with E-state index in [1.807, 2.05) is 27.8 Å². The van der Waals surface area contributed by atoms with Crippen LogP contribution in [0.4, 0.5) is 0 Å². The second-order valence-electron chi connectivity index (χ2n) is 24.2. The Bertz CT molecular complexity index is 1840. The number of fused-ring (bicyclic) bond motifs is 4. The van der Waals surface area contributed by atoms with E-state index in [1.165, 1.54) is 199 Å². The smallest absolute Gasteiger partial charge is 0.0100 e. The van der Waals surface area contributed by atoms with Crippen molar-refractivity contribution in [3.05, 3.63) is 51.1 Å². The van der Waals surface area contributed by atoms with Crippen molar-refractivity contribution in [2.45, 2.75) is 262 Å². The summed E-state index contributed by atoms with van der Waals surface area (Å²) in [5.74, 6) is 7.15. The van der Waals surface area contributed by atoms with Crippen LogP contribution in [0.5, 0.6) is 0 Å². The van der Waals surface area contributed by atoms with Gasteiger partial charge in [-0.3, -0.25) is 0 Å². The highest BCUT2D eigenvalue weighted by atomic mass is 14.7. The van der Waals surface area contributed by atoms with Crippen LogP contribution in [0.25, 0.3) is 16.7 Å². The fourth-order valence-corrected chi connectivity index (χ4v) is 18.9. The number of rotatable bonds is 7. The van der Waals surface area contributed by atoms with Crippen molar-refractivity contribution in [1.82, 2.24) is 0 Å². The first kappa shape index (κ1) is 40.0. The number of hydrogen-bond donors (Lipinski definition) is 0. The van der Waals surface area contributed by atoms with Crippen molar-refractivity contribution < 1.29 is 0 Å². The Hall–Kier alpha value is -1.56. The minimum atomic E-state index is 0.467. The van der Waals surface area contributed by atoms with Crippen LogP contribution in [0.2, 0.25) is 0 Å². The molecule has 0 bridgehead atoms. The summed E-state index contributed by atoms with van der Waals surface area (Å²) in [6, 6.07) is 0. The zero-order valence-electron chi connectivity index (χ0n) is 38.6. The average Bonchev–Trinajstić information content (AvgIpc) is 3.80. The minimum Gasteiger partial charge on any atom is -0.0807 e. The lowest BCUT2D eigenvalue weighted by Gasteiger charge is -2.47. The number of hydrogen-bond acceptors (Lipinski definition) is 0. The summed E-state index contributed by atoms with van der Waals surface area (Å²) in [5, 5.41) is 0. The SMILES string of the molecule is C1=C(c2c3c(c(C4CCCCC4)c(C4=CCCCC4)c2C2CCCCCC2)C(C2CCCC4CCCCC42)C(C24CCCCC2C4)=C3C23CCCC2CCC3)CCCCC1. The molecule has 6 unspecified atom stereocenters. The summed E-state index contributed by atoms with van der Waals surface area (Å²) in [5.41, 5.74) is 21.5. The number of benzene rings is 1. The van der Waals surface area contributed by atoms with E-state index in [-0.39, 0.29) is 0 Å². The Morgan fingerprint density at radius 3 is 1.70 bits per heavy atom. The average molecular weight is 807 g/mol. The molecule has 12 rings (SSSR count). The van der Waals surface area contributed by atoms with Crippen LogP contribution in [0.3, 0.4) is 0 Å². The van der Waals surface area contributed by atoms with Gasteiger partial charge in [0, 0.05) is 5.92 Å². The molecule has 1 aromatic rings. The Morgan fingerprint density at radius 2 is 0.950 bits per heavy atom. The van der Waals surface area contributed by atoms with Gasteiger partial charge in [0.2, 0.25) is 0 Å². The molecule has 0 radical (unpaired) electrons. The highest BCUT2D eigenvalue weighted by Crippen LogP contribution is 2.78. The molecule has 8 fully saturated rings. The summed E-state index contributed by atoms with van der Waals surface area (Å²) in [6.45, 7) is 0. The summed E-state index contributed by atoms with van der Waals surface area (Å²) in [6.07, 6.45) is 62.2. The molecule has 0 nitrogen and oxygen atoms in total. The van der Waals surface area contributed by atoms with E-state index in [4.69, 9.17) is 0 Å². The highest BCUT2D eigenvalue weighted by molar-refractivity contribution is 5.96. The first-order valence-corrected chi connectivity index (χ1v) is 28.1. The van der Waals surface area contributed by atoms with Crippen LogP contribution in [0.15, 0.2) is 17.7 Å². The fourth-order valence-electron chi connectivity index (χ4n) is 18.9. The molecule has 0 saturated heterocycles. The van der Waals surface area contributed by atoms with Crippen LogP contribution in [0.1, 0.15) is 295 Å². The van der Waals surface area contributed by atoms with E-state index in [2.05, 4.69) is 40.0 Å². The maximum Gasteiger partial charge on any atom is 0.0100 e. The van der Waals surface area contributed by atoms with Gasteiger partial charge in [0.15, 0.2) is 0 Å². The molecule has 11 aliphatic rings. The maximum absolute atomic E-state index is 2.93. The zero-order chi connectivity index (χ0) is 39.7. The van der Waals surface area contributed by atoms with Gasteiger partial charge >= 0.3 is 0 Å². The Labute approximate surface area is 368 Å². The third kappa shape index (κ3) is 6.57. The third-order valence-electron chi connectivity index (χ3n) is 21.4. The molecule has 1 aromatic carbocycles. The topological polar surface area (TPSA) is 0 Å². The summed E-state index contributed by atoms with van der Waals surface area (Å²) in [4.78, 5) is 0. The van der Waals surface area contributed by atoms with Crippen LogP contribution in [0, 0.1) is 40.4 Å². The number of allylic oxidation sites excluding steroid dienone is 6. The predicted octanol–water partition coefficient (Wildman–Crippen LogP) is 18.5. The lowest BCUT2D eigenvalue weighted by atomic mass is 9.57.